The summed E-state index contributed by atoms with van der Waals surface area (Å²) in [5.41, 5.74) is 9.84. The van der Waals surface area contributed by atoms with Gasteiger partial charge in [0.2, 0.25) is 5.91 Å². The Morgan fingerprint density at radius 3 is 2.96 bits per heavy atom. The van der Waals surface area contributed by atoms with Gasteiger partial charge in [-0.05, 0) is 62.0 Å². The van der Waals surface area contributed by atoms with E-state index >= 15 is 0 Å². The first-order valence-corrected chi connectivity index (χ1v) is 9.50. The maximum absolute atomic E-state index is 12.0. The summed E-state index contributed by atoms with van der Waals surface area (Å²) in [6, 6.07) is 3.99. The van der Waals surface area contributed by atoms with Gasteiger partial charge in [0.1, 0.15) is 0 Å². The van der Waals surface area contributed by atoms with Gasteiger partial charge in [0.05, 0.1) is 23.6 Å². The Morgan fingerprint density at radius 1 is 1.36 bits per heavy atom. The van der Waals surface area contributed by atoms with E-state index in [2.05, 4.69) is 15.4 Å². The summed E-state index contributed by atoms with van der Waals surface area (Å²) in [4.78, 5) is 16.6. The van der Waals surface area contributed by atoms with Crippen LogP contribution >= 0.6 is 0 Å². The van der Waals surface area contributed by atoms with E-state index < -0.39 is 0 Å². The van der Waals surface area contributed by atoms with Crippen LogP contribution in [0.5, 0.6) is 0 Å². The Morgan fingerprint density at radius 2 is 2.20 bits per heavy atom. The first-order valence-electron chi connectivity index (χ1n) is 9.50. The second kappa shape index (κ2) is 5.53. The summed E-state index contributed by atoms with van der Waals surface area (Å²) in [6.07, 6.45) is 9.95. The predicted molar refractivity (Wildman–Crippen MR) is 93.7 cm³/mol. The predicted octanol–water partition coefficient (Wildman–Crippen LogP) is 1.99. The van der Waals surface area contributed by atoms with Crippen molar-refractivity contribution in [1.29, 1.82) is 0 Å². The number of nitrogens with two attached hydrogens (primary N) is 1. The SMILES string of the molecule is NC(c1cn2nc(CC3CCCNC3=O)ccc2n1)C1CC2(CC2)C1. The Labute approximate surface area is 147 Å². The van der Waals surface area contributed by atoms with Gasteiger partial charge >= 0.3 is 0 Å². The molecule has 25 heavy (non-hydrogen) atoms. The van der Waals surface area contributed by atoms with E-state index in [0.29, 0.717) is 17.8 Å². The normalized spacial score (nSPS) is 26.4. The number of rotatable bonds is 4. The fourth-order valence-corrected chi connectivity index (χ4v) is 4.63. The van der Waals surface area contributed by atoms with E-state index in [-0.39, 0.29) is 17.9 Å². The molecule has 2 aromatic heterocycles. The molecule has 2 aromatic rings. The van der Waals surface area contributed by atoms with E-state index in [1.807, 2.05) is 22.8 Å². The number of carbonyl (C=O) groups excluding carboxylic acids is 1. The van der Waals surface area contributed by atoms with Crippen molar-refractivity contribution >= 4 is 11.6 Å². The number of hydrogen-bond acceptors (Lipinski definition) is 4. The molecule has 3 aliphatic rings. The first-order chi connectivity index (χ1) is 12.1. The van der Waals surface area contributed by atoms with Crippen molar-refractivity contribution in [1.82, 2.24) is 19.9 Å². The van der Waals surface area contributed by atoms with Crippen LogP contribution in [0.2, 0.25) is 0 Å². The highest BCUT2D eigenvalue weighted by Crippen LogP contribution is 2.65. The summed E-state index contributed by atoms with van der Waals surface area (Å²) in [5, 5.41) is 7.61. The molecule has 0 aromatic carbocycles. The van der Waals surface area contributed by atoms with Gasteiger partial charge in [-0.1, -0.05) is 0 Å². The Kier molecular flexibility index (Phi) is 3.39. The monoisotopic (exact) mass is 339 g/mol. The quantitative estimate of drug-likeness (QED) is 0.892. The molecule has 6 nitrogen and oxygen atoms in total. The summed E-state index contributed by atoms with van der Waals surface area (Å²) < 4.78 is 1.83. The fourth-order valence-electron chi connectivity index (χ4n) is 4.63. The van der Waals surface area contributed by atoms with Crippen molar-refractivity contribution < 1.29 is 4.79 Å². The molecule has 3 N–H and O–H groups in total. The molecule has 1 amide bonds. The summed E-state index contributed by atoms with van der Waals surface area (Å²) >= 11 is 0. The number of amides is 1. The van der Waals surface area contributed by atoms with Crippen LogP contribution < -0.4 is 11.1 Å². The first kappa shape index (κ1) is 15.3. The Bertz CT molecular complexity index is 816. The molecule has 5 rings (SSSR count). The van der Waals surface area contributed by atoms with E-state index in [9.17, 15) is 4.79 Å². The fraction of sp³-hybridized carbons (Fsp3) is 0.632. The van der Waals surface area contributed by atoms with Crippen molar-refractivity contribution in [3.05, 3.63) is 29.7 Å². The van der Waals surface area contributed by atoms with Crippen LogP contribution in [0, 0.1) is 17.3 Å². The van der Waals surface area contributed by atoms with E-state index in [1.165, 1.54) is 25.7 Å². The minimum Gasteiger partial charge on any atom is -0.356 e. The van der Waals surface area contributed by atoms with Gasteiger partial charge in [0, 0.05) is 18.9 Å². The molecule has 2 atom stereocenters. The molecular weight excluding hydrogens is 314 g/mol. The number of piperidine rings is 1. The zero-order valence-corrected chi connectivity index (χ0v) is 14.4. The molecule has 0 radical (unpaired) electrons. The lowest BCUT2D eigenvalue weighted by Crippen LogP contribution is -2.37. The summed E-state index contributed by atoms with van der Waals surface area (Å²) in [5.74, 6) is 0.756. The van der Waals surface area contributed by atoms with Crippen molar-refractivity contribution in [2.24, 2.45) is 23.0 Å². The van der Waals surface area contributed by atoms with Crippen molar-refractivity contribution in [2.45, 2.75) is 51.0 Å². The number of nitrogens with zero attached hydrogens (tertiary/aromatic N) is 3. The summed E-state index contributed by atoms with van der Waals surface area (Å²) in [7, 11) is 0. The highest BCUT2D eigenvalue weighted by molar-refractivity contribution is 5.79. The van der Waals surface area contributed by atoms with Crippen LogP contribution in [-0.4, -0.2) is 27.0 Å². The van der Waals surface area contributed by atoms with Crippen molar-refractivity contribution in [3.8, 4) is 0 Å². The van der Waals surface area contributed by atoms with Gasteiger partial charge in [0.15, 0.2) is 5.65 Å². The van der Waals surface area contributed by atoms with Gasteiger partial charge in [-0.3, -0.25) is 4.79 Å². The van der Waals surface area contributed by atoms with Crippen molar-refractivity contribution in [3.63, 3.8) is 0 Å². The molecule has 1 aliphatic heterocycles. The Balaban J connectivity index is 1.33. The number of aromatic nitrogens is 3. The zero-order valence-electron chi connectivity index (χ0n) is 14.4. The highest BCUT2D eigenvalue weighted by Gasteiger charge is 2.54. The average molecular weight is 339 g/mol. The molecule has 2 aliphatic carbocycles. The molecule has 132 valence electrons. The van der Waals surface area contributed by atoms with Gasteiger partial charge in [0.25, 0.3) is 0 Å². The number of imidazole rings is 1. The smallest absolute Gasteiger partial charge is 0.223 e. The van der Waals surface area contributed by atoms with Gasteiger partial charge in [-0.25, -0.2) is 9.50 Å². The topological polar surface area (TPSA) is 85.3 Å². The third-order valence-electron chi connectivity index (χ3n) is 6.45. The number of hydrogen-bond donors (Lipinski definition) is 2. The molecule has 3 heterocycles. The van der Waals surface area contributed by atoms with Crippen LogP contribution in [0.3, 0.4) is 0 Å². The minimum absolute atomic E-state index is 0.0143. The lowest BCUT2D eigenvalue weighted by molar-refractivity contribution is -0.126. The highest BCUT2D eigenvalue weighted by atomic mass is 16.1. The van der Waals surface area contributed by atoms with Crippen LogP contribution in [0.15, 0.2) is 18.3 Å². The van der Waals surface area contributed by atoms with Crippen LogP contribution in [0.4, 0.5) is 0 Å². The lowest BCUT2D eigenvalue weighted by Gasteiger charge is -2.39. The molecule has 6 heteroatoms. The minimum atomic E-state index is 0.0143. The summed E-state index contributed by atoms with van der Waals surface area (Å²) in [6.45, 7) is 0.799. The number of fused-ring (bicyclic) bond motifs is 1. The van der Waals surface area contributed by atoms with Crippen LogP contribution in [0.25, 0.3) is 5.65 Å². The number of nitrogens with one attached hydrogen (secondary N) is 1. The molecule has 3 fully saturated rings. The molecule has 2 unspecified atom stereocenters. The molecule has 1 spiro atoms. The molecule has 2 saturated carbocycles. The molecule has 1 saturated heterocycles. The molecule has 0 bridgehead atoms. The van der Waals surface area contributed by atoms with Crippen LogP contribution in [-0.2, 0) is 11.2 Å². The van der Waals surface area contributed by atoms with E-state index in [1.54, 1.807) is 0 Å². The zero-order chi connectivity index (χ0) is 17.0. The van der Waals surface area contributed by atoms with Gasteiger partial charge in [-0.2, -0.15) is 5.10 Å². The third kappa shape index (κ3) is 2.72. The standard InChI is InChI=1S/C19H25N5O/c20-17(13-9-19(10-13)5-6-19)15-11-24-16(22-15)4-3-14(23-24)8-12-2-1-7-21-18(12)25/h3-4,11-13,17H,1-2,5-10,20H2,(H,21,25). The maximum atomic E-state index is 12.0. The van der Waals surface area contributed by atoms with E-state index in [4.69, 9.17) is 5.73 Å². The van der Waals surface area contributed by atoms with E-state index in [0.717, 1.165) is 36.4 Å². The maximum Gasteiger partial charge on any atom is 0.223 e. The number of carbonyl (C=O) groups is 1. The second-order valence-corrected chi connectivity index (χ2v) is 8.32. The van der Waals surface area contributed by atoms with Gasteiger partial charge < -0.3 is 11.1 Å². The third-order valence-corrected chi connectivity index (χ3v) is 6.45. The lowest BCUT2D eigenvalue weighted by atomic mass is 9.68. The van der Waals surface area contributed by atoms with Gasteiger partial charge in [-0.15, -0.1) is 0 Å². The van der Waals surface area contributed by atoms with Crippen molar-refractivity contribution in [2.75, 3.05) is 6.54 Å². The second-order valence-electron chi connectivity index (χ2n) is 8.32. The Hall–Kier alpha value is -1.95. The van der Waals surface area contributed by atoms with Crippen LogP contribution in [0.1, 0.15) is 56.0 Å². The average Bonchev–Trinajstić information content (AvgIpc) is 3.27. The largest absolute Gasteiger partial charge is 0.356 e. The molecular formula is C19H25N5O.